The number of H-pyrrole nitrogens is 1. The van der Waals surface area contributed by atoms with Gasteiger partial charge >= 0.3 is 6.09 Å². The summed E-state index contributed by atoms with van der Waals surface area (Å²) in [5.41, 5.74) is 1.84. The number of aromatic amines is 1. The molecule has 29 heavy (non-hydrogen) atoms. The summed E-state index contributed by atoms with van der Waals surface area (Å²) in [6.07, 6.45) is 0.985. The second-order valence-electron chi connectivity index (χ2n) is 7.46. The van der Waals surface area contributed by atoms with Gasteiger partial charge in [0, 0.05) is 24.5 Å². The molecule has 0 unspecified atom stereocenters. The number of nitrogens with zero attached hydrogens (tertiary/aromatic N) is 2. The molecule has 8 nitrogen and oxygen atoms in total. The third kappa shape index (κ3) is 4.79. The average Bonchev–Trinajstić information content (AvgIpc) is 3.32. The van der Waals surface area contributed by atoms with Gasteiger partial charge in [-0.05, 0) is 23.6 Å². The van der Waals surface area contributed by atoms with Gasteiger partial charge in [-0.1, -0.05) is 41.9 Å². The Bertz CT molecular complexity index is 868. The highest BCUT2D eigenvalue weighted by molar-refractivity contribution is 9.10. The Labute approximate surface area is 177 Å². The molecule has 1 aromatic carbocycles. The monoisotopic (exact) mass is 464 g/mol. The summed E-state index contributed by atoms with van der Waals surface area (Å²) in [6.45, 7) is 4.02. The van der Waals surface area contributed by atoms with Crippen molar-refractivity contribution in [3.63, 3.8) is 0 Å². The number of amides is 2. The van der Waals surface area contributed by atoms with E-state index in [9.17, 15) is 9.59 Å². The predicted octanol–water partition coefficient (Wildman–Crippen LogP) is 3.42. The van der Waals surface area contributed by atoms with E-state index >= 15 is 0 Å². The van der Waals surface area contributed by atoms with E-state index in [0.29, 0.717) is 18.8 Å². The summed E-state index contributed by atoms with van der Waals surface area (Å²) in [5, 5.41) is 11.5. The molecule has 0 radical (unpaired) electrons. The van der Waals surface area contributed by atoms with Gasteiger partial charge in [-0.2, -0.15) is 0 Å². The molecule has 1 saturated heterocycles. The lowest BCUT2D eigenvalue weighted by Crippen LogP contribution is -2.51. The van der Waals surface area contributed by atoms with Crippen LogP contribution in [0.1, 0.15) is 32.1 Å². The number of carbonyl (C=O) groups excluding carboxylic acids is 1. The Morgan fingerprint density at radius 1 is 1.34 bits per heavy atom. The fraction of sp³-hybridized carbons (Fsp3) is 0.450. The lowest BCUT2D eigenvalue weighted by Gasteiger charge is -2.29. The number of aromatic nitrogens is 2. The summed E-state index contributed by atoms with van der Waals surface area (Å²) in [5.74, 6) is 0.206. The summed E-state index contributed by atoms with van der Waals surface area (Å²) >= 11 is 3.43. The van der Waals surface area contributed by atoms with Crippen molar-refractivity contribution < 1.29 is 19.4 Å². The number of likely N-dealkylation sites (tertiary alicyclic amines) is 1. The van der Waals surface area contributed by atoms with Crippen LogP contribution >= 0.6 is 15.9 Å². The summed E-state index contributed by atoms with van der Waals surface area (Å²) < 4.78 is 6.48. The molecular formula is C20H25BrN4O4. The van der Waals surface area contributed by atoms with Crippen molar-refractivity contribution in [2.24, 2.45) is 5.92 Å². The number of hydrogen-bond donors (Lipinski definition) is 3. The zero-order valence-corrected chi connectivity index (χ0v) is 18.1. The van der Waals surface area contributed by atoms with Crippen molar-refractivity contribution in [3.8, 4) is 11.3 Å². The van der Waals surface area contributed by atoms with Gasteiger partial charge in [0.15, 0.2) is 0 Å². The molecule has 3 rings (SSSR count). The normalized spacial score (nSPS) is 20.1. The van der Waals surface area contributed by atoms with Crippen LogP contribution < -0.4 is 5.32 Å². The SMILES string of the molecule is CO[C@H]1C[C@@H](c2ncc(-c3ccc(Br)cc3)[nH]2)N(C(=O)[C@@H](NC(=O)O)C(C)C)C1. The average molecular weight is 465 g/mol. The lowest BCUT2D eigenvalue weighted by atomic mass is 10.0. The molecule has 2 heterocycles. The van der Waals surface area contributed by atoms with E-state index in [4.69, 9.17) is 9.84 Å². The van der Waals surface area contributed by atoms with E-state index in [2.05, 4.69) is 31.2 Å². The maximum Gasteiger partial charge on any atom is 0.405 e. The fourth-order valence-corrected chi connectivity index (χ4v) is 3.84. The van der Waals surface area contributed by atoms with Crippen molar-refractivity contribution in [2.75, 3.05) is 13.7 Å². The third-order valence-electron chi connectivity index (χ3n) is 5.16. The predicted molar refractivity (Wildman–Crippen MR) is 111 cm³/mol. The topological polar surface area (TPSA) is 108 Å². The number of rotatable bonds is 6. The van der Waals surface area contributed by atoms with Gasteiger partial charge in [0.05, 0.1) is 24.0 Å². The van der Waals surface area contributed by atoms with E-state index < -0.39 is 12.1 Å². The molecule has 3 N–H and O–H groups in total. The number of imidazole rings is 1. The van der Waals surface area contributed by atoms with Gasteiger partial charge in [-0.15, -0.1) is 0 Å². The zero-order valence-electron chi connectivity index (χ0n) is 16.6. The van der Waals surface area contributed by atoms with Crippen molar-refractivity contribution in [3.05, 3.63) is 40.8 Å². The number of methoxy groups -OCH3 is 1. The van der Waals surface area contributed by atoms with Crippen molar-refractivity contribution in [2.45, 2.75) is 38.5 Å². The first kappa shape index (κ1) is 21.3. The summed E-state index contributed by atoms with van der Waals surface area (Å²) in [4.78, 5) is 33.8. The van der Waals surface area contributed by atoms with Gasteiger partial charge in [-0.3, -0.25) is 4.79 Å². The van der Waals surface area contributed by atoms with Crippen LogP contribution in [0.2, 0.25) is 0 Å². The molecule has 1 aliphatic heterocycles. The highest BCUT2D eigenvalue weighted by Gasteiger charge is 2.41. The second-order valence-corrected chi connectivity index (χ2v) is 8.38. The zero-order chi connectivity index (χ0) is 21.1. The molecule has 2 aromatic rings. The van der Waals surface area contributed by atoms with E-state index in [1.54, 1.807) is 18.2 Å². The highest BCUT2D eigenvalue weighted by Crippen LogP contribution is 2.34. The Hall–Kier alpha value is -2.39. The first-order valence-electron chi connectivity index (χ1n) is 9.43. The summed E-state index contributed by atoms with van der Waals surface area (Å²) in [7, 11) is 1.61. The molecule has 156 valence electrons. The smallest absolute Gasteiger partial charge is 0.405 e. The minimum absolute atomic E-state index is 0.136. The Morgan fingerprint density at radius 2 is 2.03 bits per heavy atom. The molecular weight excluding hydrogens is 440 g/mol. The van der Waals surface area contributed by atoms with Crippen molar-refractivity contribution in [1.29, 1.82) is 0 Å². The van der Waals surface area contributed by atoms with E-state index in [1.807, 2.05) is 38.1 Å². The van der Waals surface area contributed by atoms with Crippen molar-refractivity contribution >= 4 is 27.9 Å². The van der Waals surface area contributed by atoms with Crippen LogP contribution in [0.15, 0.2) is 34.9 Å². The summed E-state index contributed by atoms with van der Waals surface area (Å²) in [6, 6.07) is 6.71. The first-order valence-corrected chi connectivity index (χ1v) is 10.2. The van der Waals surface area contributed by atoms with Crippen LogP contribution in [0.4, 0.5) is 4.79 Å². The van der Waals surface area contributed by atoms with Gasteiger partial charge in [-0.25, -0.2) is 9.78 Å². The third-order valence-corrected chi connectivity index (χ3v) is 5.69. The van der Waals surface area contributed by atoms with Crippen LogP contribution in [0.25, 0.3) is 11.3 Å². The highest BCUT2D eigenvalue weighted by atomic mass is 79.9. The number of carbonyl (C=O) groups is 2. The number of ether oxygens (including phenoxy) is 1. The van der Waals surface area contributed by atoms with Crippen LogP contribution in [-0.2, 0) is 9.53 Å². The number of benzene rings is 1. The molecule has 9 heteroatoms. The van der Waals surface area contributed by atoms with Gasteiger partial charge in [0.1, 0.15) is 11.9 Å². The molecule has 1 aliphatic rings. The molecule has 0 aliphatic carbocycles. The molecule has 1 fully saturated rings. The number of halogens is 1. The Balaban J connectivity index is 1.87. The number of hydrogen-bond acceptors (Lipinski definition) is 4. The molecule has 0 saturated carbocycles. The van der Waals surface area contributed by atoms with Crippen LogP contribution in [0, 0.1) is 5.92 Å². The molecule has 3 atom stereocenters. The largest absolute Gasteiger partial charge is 0.465 e. The maximum atomic E-state index is 13.2. The van der Waals surface area contributed by atoms with Crippen LogP contribution in [-0.4, -0.2) is 57.8 Å². The fourth-order valence-electron chi connectivity index (χ4n) is 3.58. The standard InChI is InChI=1S/C20H25BrN4O4/c1-11(2)17(24-20(27)28)19(26)25-10-14(29-3)8-16(25)18-22-9-15(23-18)12-4-6-13(21)7-5-12/h4-7,9,11,14,16-17,24H,8,10H2,1-3H3,(H,22,23)(H,27,28)/t14-,16-,17-/m0/s1. The van der Waals surface area contributed by atoms with Gasteiger partial charge < -0.3 is 25.0 Å². The van der Waals surface area contributed by atoms with Crippen LogP contribution in [0.3, 0.4) is 0 Å². The number of nitrogens with one attached hydrogen (secondary N) is 2. The quantitative estimate of drug-likeness (QED) is 0.606. The lowest BCUT2D eigenvalue weighted by molar-refractivity contribution is -0.135. The number of carboxylic acid groups (broad SMARTS) is 1. The minimum atomic E-state index is -1.22. The Morgan fingerprint density at radius 3 is 2.62 bits per heavy atom. The molecule has 0 bridgehead atoms. The first-order chi connectivity index (χ1) is 13.8. The molecule has 2 amide bonds. The minimum Gasteiger partial charge on any atom is -0.465 e. The van der Waals surface area contributed by atoms with E-state index in [-0.39, 0.29) is 24.0 Å². The van der Waals surface area contributed by atoms with Gasteiger partial charge in [0.2, 0.25) is 5.91 Å². The molecule has 0 spiro atoms. The van der Waals surface area contributed by atoms with Crippen LogP contribution in [0.5, 0.6) is 0 Å². The van der Waals surface area contributed by atoms with Crippen molar-refractivity contribution in [1.82, 2.24) is 20.2 Å². The van der Waals surface area contributed by atoms with E-state index in [0.717, 1.165) is 15.7 Å². The van der Waals surface area contributed by atoms with Gasteiger partial charge in [0.25, 0.3) is 0 Å². The molecule has 1 aromatic heterocycles. The Kier molecular flexibility index (Phi) is 6.59. The van der Waals surface area contributed by atoms with E-state index in [1.165, 1.54) is 0 Å². The maximum absolute atomic E-state index is 13.2. The second kappa shape index (κ2) is 8.96.